The number of amides is 1. The largest absolute Gasteiger partial charge is 0.481 e. The fourth-order valence-corrected chi connectivity index (χ4v) is 4.67. The zero-order valence-corrected chi connectivity index (χ0v) is 20.1. The van der Waals surface area contributed by atoms with Gasteiger partial charge in [0.1, 0.15) is 5.75 Å². The standard InChI is InChI=1S/C22H24N4O4S.C2H6/c1-31(29)18-12-25(13-18)22-23-10-16(11-24-22)26-9-8-19(21(26)28)30-17-6-4-15(5-7-17)20(27)14-2-3-14;1-2/h4-7,10-11,14,18-19H,2-3,8-9,12-13H2,1H3;1-2H3/t19-,31?;/m1./s1. The maximum absolute atomic E-state index is 12.8. The molecule has 3 heterocycles. The van der Waals surface area contributed by atoms with Gasteiger partial charge in [-0.1, -0.05) is 13.8 Å². The van der Waals surface area contributed by atoms with E-state index in [-0.39, 0.29) is 22.9 Å². The van der Waals surface area contributed by atoms with Gasteiger partial charge in [0.25, 0.3) is 5.91 Å². The highest BCUT2D eigenvalue weighted by Crippen LogP contribution is 2.33. The molecule has 2 aliphatic heterocycles. The Labute approximate surface area is 196 Å². The monoisotopic (exact) mass is 470 g/mol. The Kier molecular flexibility index (Phi) is 7.07. The first-order chi connectivity index (χ1) is 16.0. The van der Waals surface area contributed by atoms with Crippen molar-refractivity contribution in [3.63, 3.8) is 0 Å². The van der Waals surface area contributed by atoms with E-state index in [9.17, 15) is 13.8 Å². The second-order valence-electron chi connectivity index (χ2n) is 8.31. The third kappa shape index (κ3) is 5.08. The van der Waals surface area contributed by atoms with E-state index >= 15 is 0 Å². The second kappa shape index (κ2) is 9.99. The van der Waals surface area contributed by atoms with Crippen LogP contribution in [0.5, 0.6) is 5.75 Å². The van der Waals surface area contributed by atoms with E-state index in [4.69, 9.17) is 4.74 Å². The van der Waals surface area contributed by atoms with Crippen LogP contribution in [0.4, 0.5) is 11.6 Å². The van der Waals surface area contributed by atoms with Crippen molar-refractivity contribution < 1.29 is 18.5 Å². The molecule has 176 valence electrons. The summed E-state index contributed by atoms with van der Waals surface area (Å²) in [5, 5.41) is 0.169. The average molecular weight is 471 g/mol. The number of hydrogen-bond acceptors (Lipinski definition) is 7. The van der Waals surface area contributed by atoms with E-state index in [1.807, 2.05) is 18.7 Å². The average Bonchev–Trinajstić information content (AvgIpc) is 3.59. The number of ether oxygens (including phenoxy) is 1. The number of carbonyl (C=O) groups is 2. The number of hydrogen-bond donors (Lipinski definition) is 0. The summed E-state index contributed by atoms with van der Waals surface area (Å²) in [5.41, 5.74) is 1.34. The summed E-state index contributed by atoms with van der Waals surface area (Å²) >= 11 is 0. The van der Waals surface area contributed by atoms with Crippen molar-refractivity contribution in [2.75, 3.05) is 35.7 Å². The van der Waals surface area contributed by atoms with Crippen LogP contribution in [0.1, 0.15) is 43.5 Å². The molecular formula is C24H30N4O4S. The highest BCUT2D eigenvalue weighted by molar-refractivity contribution is 7.85. The van der Waals surface area contributed by atoms with E-state index in [0.717, 1.165) is 12.8 Å². The smallest absolute Gasteiger partial charge is 0.268 e. The molecule has 2 atom stereocenters. The van der Waals surface area contributed by atoms with Crippen LogP contribution in [0.25, 0.3) is 0 Å². The molecular weight excluding hydrogens is 440 g/mol. The lowest BCUT2D eigenvalue weighted by molar-refractivity contribution is -0.122. The van der Waals surface area contributed by atoms with Crippen molar-refractivity contribution in [1.82, 2.24) is 9.97 Å². The van der Waals surface area contributed by atoms with Gasteiger partial charge in [-0.15, -0.1) is 0 Å². The molecule has 3 aliphatic rings. The summed E-state index contributed by atoms with van der Waals surface area (Å²) in [7, 11) is -0.834. The minimum absolute atomic E-state index is 0.125. The zero-order valence-electron chi connectivity index (χ0n) is 19.3. The second-order valence-corrected chi connectivity index (χ2v) is 9.98. The van der Waals surface area contributed by atoms with Gasteiger partial charge in [0, 0.05) is 54.6 Å². The number of Topliss-reactive ketones (excluding diaryl/α,β-unsaturated/α-hetero) is 1. The number of ketones is 1. The molecule has 0 N–H and O–H groups in total. The molecule has 9 heteroatoms. The van der Waals surface area contributed by atoms with Crippen LogP contribution in [-0.2, 0) is 15.6 Å². The lowest BCUT2D eigenvalue weighted by Gasteiger charge is -2.37. The number of nitrogens with zero attached hydrogens (tertiary/aromatic N) is 4. The maximum atomic E-state index is 12.8. The lowest BCUT2D eigenvalue weighted by atomic mass is 10.1. The molecule has 2 saturated heterocycles. The van der Waals surface area contributed by atoms with E-state index in [2.05, 4.69) is 9.97 Å². The lowest BCUT2D eigenvalue weighted by Crippen LogP contribution is -2.53. The van der Waals surface area contributed by atoms with Crippen LogP contribution in [0, 0.1) is 5.92 Å². The molecule has 0 radical (unpaired) electrons. The molecule has 0 spiro atoms. The highest BCUT2D eigenvalue weighted by atomic mass is 32.2. The van der Waals surface area contributed by atoms with E-state index < -0.39 is 16.9 Å². The first kappa shape index (κ1) is 23.4. The molecule has 2 aromatic rings. The molecule has 3 fully saturated rings. The van der Waals surface area contributed by atoms with Crippen LogP contribution < -0.4 is 14.5 Å². The molecule has 1 aliphatic carbocycles. The van der Waals surface area contributed by atoms with Crippen LogP contribution in [0.3, 0.4) is 0 Å². The molecule has 1 aromatic carbocycles. The molecule has 1 amide bonds. The molecule has 33 heavy (non-hydrogen) atoms. The molecule has 8 nitrogen and oxygen atoms in total. The van der Waals surface area contributed by atoms with Gasteiger partial charge in [0.05, 0.1) is 23.3 Å². The van der Waals surface area contributed by atoms with Gasteiger partial charge in [-0.05, 0) is 37.1 Å². The maximum Gasteiger partial charge on any atom is 0.268 e. The molecule has 5 rings (SSSR count). The third-order valence-electron chi connectivity index (χ3n) is 6.06. The fourth-order valence-electron chi connectivity index (χ4n) is 3.89. The molecule has 1 aromatic heterocycles. The van der Waals surface area contributed by atoms with Crippen molar-refractivity contribution in [2.24, 2.45) is 5.92 Å². The van der Waals surface area contributed by atoms with Crippen molar-refractivity contribution >= 4 is 34.1 Å². The van der Waals surface area contributed by atoms with E-state index in [1.165, 1.54) is 0 Å². The first-order valence-electron chi connectivity index (χ1n) is 11.5. The Morgan fingerprint density at radius 3 is 2.27 bits per heavy atom. The molecule has 1 unspecified atom stereocenters. The summed E-state index contributed by atoms with van der Waals surface area (Å²) in [4.78, 5) is 37.3. The molecule has 0 bridgehead atoms. The number of anilines is 2. The quantitative estimate of drug-likeness (QED) is 0.575. The SMILES string of the molecule is CC.CS(=O)C1CN(c2ncc(N3CC[C@@H](Oc4ccc(C(=O)C5CC5)cc4)C3=O)cn2)C1. The summed E-state index contributed by atoms with van der Waals surface area (Å²) < 4.78 is 17.4. The van der Waals surface area contributed by atoms with Crippen molar-refractivity contribution in [3.8, 4) is 5.75 Å². The van der Waals surface area contributed by atoms with Gasteiger partial charge in [-0.3, -0.25) is 13.8 Å². The summed E-state index contributed by atoms with van der Waals surface area (Å²) in [6.45, 7) is 5.91. The zero-order chi connectivity index (χ0) is 23.5. The normalized spacial score (nSPS) is 21.2. The number of carbonyl (C=O) groups excluding carboxylic acids is 2. The minimum Gasteiger partial charge on any atom is -0.481 e. The summed E-state index contributed by atoms with van der Waals surface area (Å²) in [6.07, 6.45) is 6.97. The first-order valence-corrected chi connectivity index (χ1v) is 13.1. The molecule has 1 saturated carbocycles. The predicted octanol–water partition coefficient (Wildman–Crippen LogP) is 2.85. The third-order valence-corrected chi connectivity index (χ3v) is 7.30. The van der Waals surface area contributed by atoms with Crippen molar-refractivity contribution in [2.45, 2.75) is 44.5 Å². The van der Waals surface area contributed by atoms with Gasteiger partial charge in [-0.2, -0.15) is 0 Å². The Hall–Kier alpha value is -2.81. The van der Waals surface area contributed by atoms with E-state index in [1.54, 1.807) is 47.8 Å². The van der Waals surface area contributed by atoms with Gasteiger partial charge >= 0.3 is 0 Å². The van der Waals surface area contributed by atoms with Gasteiger partial charge in [0.2, 0.25) is 5.95 Å². The summed E-state index contributed by atoms with van der Waals surface area (Å²) in [5.74, 6) is 1.42. The predicted molar refractivity (Wildman–Crippen MR) is 128 cm³/mol. The van der Waals surface area contributed by atoms with Crippen molar-refractivity contribution in [3.05, 3.63) is 42.2 Å². The number of aromatic nitrogens is 2. The Morgan fingerprint density at radius 2 is 1.70 bits per heavy atom. The Bertz CT molecular complexity index is 1020. The number of benzene rings is 1. The van der Waals surface area contributed by atoms with Gasteiger partial charge in [-0.25, -0.2) is 9.97 Å². The summed E-state index contributed by atoms with van der Waals surface area (Å²) in [6, 6.07) is 7.06. The number of rotatable bonds is 7. The fraction of sp³-hybridized carbons (Fsp3) is 0.500. The van der Waals surface area contributed by atoms with Crippen LogP contribution in [0.15, 0.2) is 36.7 Å². The van der Waals surface area contributed by atoms with Gasteiger partial charge < -0.3 is 14.5 Å². The van der Waals surface area contributed by atoms with Crippen LogP contribution in [-0.4, -0.2) is 63.1 Å². The van der Waals surface area contributed by atoms with Crippen LogP contribution >= 0.6 is 0 Å². The van der Waals surface area contributed by atoms with Crippen molar-refractivity contribution in [1.29, 1.82) is 0 Å². The Morgan fingerprint density at radius 1 is 1.06 bits per heavy atom. The van der Waals surface area contributed by atoms with Gasteiger partial charge in [0.15, 0.2) is 11.9 Å². The van der Waals surface area contributed by atoms with Crippen LogP contribution in [0.2, 0.25) is 0 Å². The Balaban J connectivity index is 0.00000126. The van der Waals surface area contributed by atoms with E-state index in [0.29, 0.717) is 49.0 Å². The minimum atomic E-state index is -0.834. The topological polar surface area (TPSA) is 92.7 Å². The highest BCUT2D eigenvalue weighted by Gasteiger charge is 2.36.